The monoisotopic (exact) mass is 503 g/mol. The highest BCUT2D eigenvalue weighted by Crippen LogP contribution is 2.23. The van der Waals surface area contributed by atoms with Crippen LogP contribution in [0, 0.1) is 5.41 Å². The number of phenolic OH excluding ortho intramolecular Hbond substituents is 3. The number of nitrogens with zero attached hydrogens (tertiary/aromatic N) is 3. The van der Waals surface area contributed by atoms with Crippen LogP contribution in [0.2, 0.25) is 0 Å². The van der Waals surface area contributed by atoms with Gasteiger partial charge in [0.1, 0.15) is 17.2 Å². The van der Waals surface area contributed by atoms with Crippen LogP contribution < -0.4 is 0 Å². The van der Waals surface area contributed by atoms with E-state index in [1.54, 1.807) is 80.4 Å². The first kappa shape index (κ1) is 27.6. The van der Waals surface area contributed by atoms with Gasteiger partial charge in [0, 0.05) is 42.4 Å². The molecule has 0 aromatic heterocycles. The molecule has 8 nitrogen and oxygen atoms in total. The summed E-state index contributed by atoms with van der Waals surface area (Å²) in [4.78, 5) is 13.9. The van der Waals surface area contributed by atoms with Crippen LogP contribution in [0.5, 0.6) is 17.2 Å². The van der Waals surface area contributed by atoms with Crippen molar-refractivity contribution in [3.05, 3.63) is 89.5 Å². The number of para-hydroxylation sites is 3. The molecule has 0 heterocycles. The fourth-order valence-electron chi connectivity index (χ4n) is 3.52. The molecule has 3 aromatic carbocycles. The number of aliphatic imine (C=N–C) groups is 3. The topological polar surface area (TPSA) is 116 Å². The summed E-state index contributed by atoms with van der Waals surface area (Å²) in [5, 5.41) is 30.3. The van der Waals surface area contributed by atoms with Gasteiger partial charge in [0.05, 0.1) is 44.9 Å². The minimum atomic E-state index is -0.642. The van der Waals surface area contributed by atoms with E-state index in [4.69, 9.17) is 9.47 Å². The summed E-state index contributed by atoms with van der Waals surface area (Å²) < 4.78 is 11.0. The second-order valence-electron chi connectivity index (χ2n) is 8.63. The first-order valence-corrected chi connectivity index (χ1v) is 11.9. The van der Waals surface area contributed by atoms with Gasteiger partial charge in [0.15, 0.2) is 0 Å². The van der Waals surface area contributed by atoms with E-state index in [0.717, 1.165) is 0 Å². The minimum absolute atomic E-state index is 0.142. The molecule has 0 unspecified atom stereocenters. The highest BCUT2D eigenvalue weighted by Gasteiger charge is 2.30. The SMILES string of the molecule is COCCOCC(CN=Cc1ccccc1O)(CN=Cc1ccccc1O)CN=Cc1ccccc1O. The predicted octanol–water partition coefficient (Wildman–Crippen LogP) is 4.11. The average molecular weight is 504 g/mol. The van der Waals surface area contributed by atoms with Crippen LogP contribution in [-0.2, 0) is 9.47 Å². The van der Waals surface area contributed by atoms with Crippen molar-refractivity contribution in [2.75, 3.05) is 46.6 Å². The number of phenols is 3. The van der Waals surface area contributed by atoms with Crippen molar-refractivity contribution in [1.29, 1.82) is 0 Å². The van der Waals surface area contributed by atoms with E-state index in [9.17, 15) is 15.3 Å². The summed E-state index contributed by atoms with van der Waals surface area (Å²) in [6.45, 7) is 2.07. The Morgan fingerprint density at radius 1 is 0.622 bits per heavy atom. The molecule has 0 aliphatic carbocycles. The van der Waals surface area contributed by atoms with Gasteiger partial charge in [-0.1, -0.05) is 36.4 Å². The molecule has 8 heteroatoms. The smallest absolute Gasteiger partial charge is 0.124 e. The summed E-state index contributed by atoms with van der Waals surface area (Å²) in [5.74, 6) is 0.426. The third-order valence-electron chi connectivity index (χ3n) is 5.62. The molecule has 3 aromatic rings. The quantitative estimate of drug-likeness (QED) is 0.226. The van der Waals surface area contributed by atoms with E-state index in [1.165, 1.54) is 0 Å². The molecule has 194 valence electrons. The molecule has 0 spiro atoms. The van der Waals surface area contributed by atoms with Crippen LogP contribution in [0.15, 0.2) is 87.8 Å². The largest absolute Gasteiger partial charge is 0.507 e. The van der Waals surface area contributed by atoms with Crippen LogP contribution in [0.1, 0.15) is 16.7 Å². The maximum atomic E-state index is 10.1. The van der Waals surface area contributed by atoms with Gasteiger partial charge in [-0.05, 0) is 36.4 Å². The molecule has 37 heavy (non-hydrogen) atoms. The third kappa shape index (κ3) is 8.86. The van der Waals surface area contributed by atoms with Crippen molar-refractivity contribution >= 4 is 18.6 Å². The number of rotatable bonds is 14. The minimum Gasteiger partial charge on any atom is -0.507 e. The Hall–Kier alpha value is -4.01. The summed E-state index contributed by atoms with van der Waals surface area (Å²) in [6.07, 6.45) is 4.87. The van der Waals surface area contributed by atoms with Crippen molar-refractivity contribution in [2.45, 2.75) is 0 Å². The zero-order chi connectivity index (χ0) is 26.3. The first-order chi connectivity index (χ1) is 18.0. The fourth-order valence-corrected chi connectivity index (χ4v) is 3.52. The molecule has 0 aliphatic rings. The lowest BCUT2D eigenvalue weighted by Gasteiger charge is -2.29. The number of hydrogen-bond acceptors (Lipinski definition) is 8. The Morgan fingerprint density at radius 3 is 1.35 bits per heavy atom. The second-order valence-corrected chi connectivity index (χ2v) is 8.63. The molecule has 3 rings (SSSR count). The van der Waals surface area contributed by atoms with Crippen LogP contribution in [0.25, 0.3) is 0 Å². The van der Waals surface area contributed by atoms with Gasteiger partial charge in [-0.25, -0.2) is 0 Å². The predicted molar refractivity (Wildman–Crippen MR) is 147 cm³/mol. The van der Waals surface area contributed by atoms with Crippen molar-refractivity contribution in [1.82, 2.24) is 0 Å². The maximum absolute atomic E-state index is 10.1. The number of benzene rings is 3. The lowest BCUT2D eigenvalue weighted by Crippen LogP contribution is -2.37. The fraction of sp³-hybridized carbons (Fsp3) is 0.276. The van der Waals surface area contributed by atoms with Gasteiger partial charge in [0.25, 0.3) is 0 Å². The summed E-state index contributed by atoms with van der Waals surface area (Å²) in [6, 6.07) is 20.9. The molecule has 0 bridgehead atoms. The van der Waals surface area contributed by atoms with Gasteiger partial charge < -0.3 is 24.8 Å². The van der Waals surface area contributed by atoms with Crippen molar-refractivity contribution in [3.63, 3.8) is 0 Å². The van der Waals surface area contributed by atoms with Crippen LogP contribution in [0.3, 0.4) is 0 Å². The molecule has 0 saturated heterocycles. The maximum Gasteiger partial charge on any atom is 0.124 e. The molecule has 0 fully saturated rings. The average Bonchev–Trinajstić information content (AvgIpc) is 2.90. The van der Waals surface area contributed by atoms with Crippen LogP contribution in [-0.4, -0.2) is 80.5 Å². The molecule has 3 N–H and O–H groups in total. The van der Waals surface area contributed by atoms with Gasteiger partial charge >= 0.3 is 0 Å². The number of ether oxygens (including phenoxy) is 2. The Bertz CT molecular complexity index is 1070. The molecule has 0 atom stereocenters. The molecular formula is C29H33N3O5. The van der Waals surface area contributed by atoms with Gasteiger partial charge in [-0.3, -0.25) is 15.0 Å². The summed E-state index contributed by atoms with van der Waals surface area (Å²) in [7, 11) is 1.61. The van der Waals surface area contributed by atoms with E-state index in [2.05, 4.69) is 15.0 Å². The normalized spacial score (nSPS) is 13.5. The van der Waals surface area contributed by atoms with E-state index in [0.29, 0.717) is 56.1 Å². The standard InChI is InChI=1S/C29H33N3O5/c1-36-14-15-37-22-29(19-30-16-23-8-2-5-11-26(23)33,20-31-17-24-9-3-6-12-27(24)34)21-32-18-25-10-4-7-13-28(25)35/h2-13,16-18,33-35H,14-15,19-22H2,1H3. The Morgan fingerprint density at radius 2 is 1.00 bits per heavy atom. The van der Waals surface area contributed by atoms with Crippen molar-refractivity contribution in [2.24, 2.45) is 20.4 Å². The molecule has 0 amide bonds. The van der Waals surface area contributed by atoms with E-state index >= 15 is 0 Å². The number of hydrogen-bond donors (Lipinski definition) is 3. The molecule has 0 aliphatic heterocycles. The number of aromatic hydroxyl groups is 3. The zero-order valence-electron chi connectivity index (χ0n) is 20.9. The Kier molecular flexibility index (Phi) is 10.8. The zero-order valence-corrected chi connectivity index (χ0v) is 20.9. The van der Waals surface area contributed by atoms with Crippen LogP contribution in [0.4, 0.5) is 0 Å². The lowest BCUT2D eigenvalue weighted by atomic mass is 9.89. The first-order valence-electron chi connectivity index (χ1n) is 11.9. The third-order valence-corrected chi connectivity index (χ3v) is 5.62. The Labute approximate surface area is 217 Å². The summed E-state index contributed by atoms with van der Waals surface area (Å²) >= 11 is 0. The van der Waals surface area contributed by atoms with E-state index in [1.807, 2.05) is 18.2 Å². The van der Waals surface area contributed by atoms with Crippen molar-refractivity contribution in [3.8, 4) is 17.2 Å². The summed E-state index contributed by atoms with van der Waals surface area (Å²) in [5.41, 5.74) is 1.17. The van der Waals surface area contributed by atoms with E-state index in [-0.39, 0.29) is 17.2 Å². The van der Waals surface area contributed by atoms with Crippen molar-refractivity contribution < 1.29 is 24.8 Å². The lowest BCUT2D eigenvalue weighted by molar-refractivity contribution is 0.0247. The molecule has 0 saturated carbocycles. The Balaban J connectivity index is 1.87. The molecular weight excluding hydrogens is 470 g/mol. The second kappa shape index (κ2) is 14.5. The highest BCUT2D eigenvalue weighted by atomic mass is 16.5. The van der Waals surface area contributed by atoms with Crippen LogP contribution >= 0.6 is 0 Å². The van der Waals surface area contributed by atoms with E-state index < -0.39 is 5.41 Å². The van der Waals surface area contributed by atoms with Gasteiger partial charge in [0.2, 0.25) is 0 Å². The highest BCUT2D eigenvalue weighted by molar-refractivity contribution is 5.84. The van der Waals surface area contributed by atoms with Gasteiger partial charge in [-0.15, -0.1) is 0 Å². The van der Waals surface area contributed by atoms with Gasteiger partial charge in [-0.2, -0.15) is 0 Å². The molecule has 0 radical (unpaired) electrons. The number of methoxy groups -OCH3 is 1.